The summed E-state index contributed by atoms with van der Waals surface area (Å²) in [5.74, 6) is -24.2. The van der Waals surface area contributed by atoms with Crippen molar-refractivity contribution >= 4 is 0 Å². The Bertz CT molecular complexity index is 415. The van der Waals surface area contributed by atoms with Gasteiger partial charge in [0.25, 0.3) is 0 Å². The van der Waals surface area contributed by atoms with E-state index in [0.717, 1.165) is 0 Å². The summed E-state index contributed by atoms with van der Waals surface area (Å²) in [6.07, 6.45) is -13.1. The molecule has 1 saturated heterocycles. The molecule has 0 bridgehead atoms. The van der Waals surface area contributed by atoms with E-state index in [9.17, 15) is 43.9 Å². The Morgan fingerprint density at radius 1 is 0.762 bits per heavy atom. The molecule has 1 heterocycles. The largest absolute Gasteiger partial charge is 0.454 e. The lowest BCUT2D eigenvalue weighted by atomic mass is 9.89. The van der Waals surface area contributed by atoms with Crippen molar-refractivity contribution in [3.05, 3.63) is 0 Å². The van der Waals surface area contributed by atoms with Gasteiger partial charge in [-0.05, 0) is 0 Å². The lowest BCUT2D eigenvalue weighted by Gasteiger charge is -2.53. The SMILES string of the molecule is COC1(OC)C(F)(F)C(F)(F)C(F)(F)OC1(F)C(F)(F)F. The summed E-state index contributed by atoms with van der Waals surface area (Å²) in [5, 5.41) is 0. The van der Waals surface area contributed by atoms with Crippen LogP contribution in [-0.2, 0) is 14.2 Å². The molecule has 0 aromatic carbocycles. The van der Waals surface area contributed by atoms with E-state index in [0.29, 0.717) is 0 Å². The molecule has 1 fully saturated rings. The fraction of sp³-hybridized carbons (Fsp3) is 1.00. The van der Waals surface area contributed by atoms with Crippen LogP contribution < -0.4 is 0 Å². The molecule has 0 aromatic rings. The Hall–Kier alpha value is -0.820. The highest BCUT2D eigenvalue weighted by Gasteiger charge is 2.96. The summed E-state index contributed by atoms with van der Waals surface area (Å²) in [5.41, 5.74) is 0. The van der Waals surface area contributed by atoms with Gasteiger partial charge in [-0.25, -0.2) is 0 Å². The molecule has 21 heavy (non-hydrogen) atoms. The van der Waals surface area contributed by atoms with E-state index < -0.39 is 35.8 Å². The van der Waals surface area contributed by atoms with Crippen molar-refractivity contribution in [2.75, 3.05) is 14.2 Å². The van der Waals surface area contributed by atoms with Crippen molar-refractivity contribution in [2.45, 2.75) is 35.8 Å². The van der Waals surface area contributed by atoms with Crippen molar-refractivity contribution in [3.63, 3.8) is 0 Å². The fourth-order valence-corrected chi connectivity index (χ4v) is 1.75. The minimum absolute atomic E-state index is 0.0691. The summed E-state index contributed by atoms with van der Waals surface area (Å²) in [6, 6.07) is 0. The Kier molecular flexibility index (Phi) is 3.78. The van der Waals surface area contributed by atoms with Gasteiger partial charge in [0.15, 0.2) is 0 Å². The monoisotopic (exact) mass is 340 g/mol. The van der Waals surface area contributed by atoms with Crippen LogP contribution in [0.5, 0.6) is 0 Å². The van der Waals surface area contributed by atoms with Crippen molar-refractivity contribution in [3.8, 4) is 0 Å². The van der Waals surface area contributed by atoms with E-state index in [-0.39, 0.29) is 14.2 Å². The van der Waals surface area contributed by atoms with Gasteiger partial charge < -0.3 is 9.47 Å². The molecule has 1 unspecified atom stereocenters. The van der Waals surface area contributed by atoms with Crippen LogP contribution in [0.3, 0.4) is 0 Å². The highest BCUT2D eigenvalue weighted by Crippen LogP contribution is 2.65. The summed E-state index contributed by atoms with van der Waals surface area (Å²) in [6.45, 7) is 0. The van der Waals surface area contributed by atoms with Crippen LogP contribution >= 0.6 is 0 Å². The molecular formula is C8H6F10O3. The molecule has 0 spiro atoms. The van der Waals surface area contributed by atoms with Crippen LogP contribution in [0, 0.1) is 0 Å². The zero-order valence-corrected chi connectivity index (χ0v) is 10.0. The number of alkyl halides is 10. The first kappa shape index (κ1) is 18.2. The van der Waals surface area contributed by atoms with Gasteiger partial charge in [-0.2, -0.15) is 43.9 Å². The molecule has 1 aliphatic heterocycles. The third-order valence-electron chi connectivity index (χ3n) is 2.80. The van der Waals surface area contributed by atoms with E-state index in [1.807, 2.05) is 0 Å². The van der Waals surface area contributed by atoms with Crippen LogP contribution in [0.25, 0.3) is 0 Å². The molecule has 0 radical (unpaired) electrons. The second kappa shape index (κ2) is 4.35. The van der Waals surface area contributed by atoms with Gasteiger partial charge in [0, 0.05) is 14.2 Å². The van der Waals surface area contributed by atoms with Crippen molar-refractivity contribution in [2.24, 2.45) is 0 Å². The smallest absolute Gasteiger partial charge is 0.343 e. The number of methoxy groups -OCH3 is 2. The maximum absolute atomic E-state index is 13.8. The molecule has 0 saturated carbocycles. The molecule has 0 aromatic heterocycles. The second-order valence-corrected chi connectivity index (χ2v) is 3.89. The first-order chi connectivity index (χ1) is 9.08. The van der Waals surface area contributed by atoms with Crippen molar-refractivity contribution in [1.29, 1.82) is 0 Å². The quantitative estimate of drug-likeness (QED) is 0.571. The molecule has 3 nitrogen and oxygen atoms in total. The van der Waals surface area contributed by atoms with E-state index in [1.165, 1.54) is 0 Å². The van der Waals surface area contributed by atoms with Crippen LogP contribution in [0.2, 0.25) is 0 Å². The number of ether oxygens (including phenoxy) is 3. The van der Waals surface area contributed by atoms with Crippen molar-refractivity contribution in [1.82, 2.24) is 0 Å². The Morgan fingerprint density at radius 2 is 1.14 bits per heavy atom. The normalized spacial score (nSPS) is 33.7. The van der Waals surface area contributed by atoms with Gasteiger partial charge in [-0.15, -0.1) is 0 Å². The van der Waals surface area contributed by atoms with Crippen LogP contribution in [0.15, 0.2) is 0 Å². The third kappa shape index (κ3) is 1.79. The molecule has 13 heteroatoms. The van der Waals surface area contributed by atoms with E-state index in [4.69, 9.17) is 0 Å². The maximum atomic E-state index is 13.8. The molecule has 126 valence electrons. The van der Waals surface area contributed by atoms with Crippen LogP contribution in [0.1, 0.15) is 0 Å². The lowest BCUT2D eigenvalue weighted by Crippen LogP contribution is -2.83. The summed E-state index contributed by atoms with van der Waals surface area (Å²) in [7, 11) is -0.138. The first-order valence-electron chi connectivity index (χ1n) is 4.77. The Morgan fingerprint density at radius 3 is 1.43 bits per heavy atom. The number of hydrogen-bond donors (Lipinski definition) is 0. The van der Waals surface area contributed by atoms with Gasteiger partial charge in [0.05, 0.1) is 0 Å². The minimum Gasteiger partial charge on any atom is -0.343 e. The highest BCUT2D eigenvalue weighted by atomic mass is 19.4. The molecule has 0 N–H and O–H groups in total. The average molecular weight is 340 g/mol. The first-order valence-corrected chi connectivity index (χ1v) is 4.77. The predicted molar refractivity (Wildman–Crippen MR) is 42.6 cm³/mol. The van der Waals surface area contributed by atoms with Gasteiger partial charge in [0.2, 0.25) is 0 Å². The van der Waals surface area contributed by atoms with Gasteiger partial charge in [0.1, 0.15) is 0 Å². The summed E-state index contributed by atoms with van der Waals surface area (Å²) >= 11 is 0. The van der Waals surface area contributed by atoms with E-state index in [1.54, 1.807) is 0 Å². The van der Waals surface area contributed by atoms with Gasteiger partial charge in [-0.1, -0.05) is 0 Å². The van der Waals surface area contributed by atoms with Gasteiger partial charge in [-0.3, -0.25) is 4.74 Å². The Balaban J connectivity index is 3.76. The average Bonchev–Trinajstić information content (AvgIpc) is 2.26. The fourth-order valence-electron chi connectivity index (χ4n) is 1.75. The summed E-state index contributed by atoms with van der Waals surface area (Å²) < 4.78 is 139. The molecule has 1 aliphatic rings. The molecule has 0 amide bonds. The van der Waals surface area contributed by atoms with Gasteiger partial charge >= 0.3 is 35.8 Å². The van der Waals surface area contributed by atoms with Crippen LogP contribution in [0.4, 0.5) is 43.9 Å². The number of halogens is 10. The topological polar surface area (TPSA) is 27.7 Å². The zero-order chi connectivity index (χ0) is 17.1. The number of rotatable bonds is 2. The standard InChI is InChI=1S/C8H6F10O3/c1-19-6(20-2)3(9,10)4(11,12)8(17,18)21-5(6,13)7(14,15)16/h1-2H3. The molecule has 0 aliphatic carbocycles. The molecular weight excluding hydrogens is 334 g/mol. The minimum atomic E-state index is -6.61. The molecule has 1 rings (SSSR count). The summed E-state index contributed by atoms with van der Waals surface area (Å²) in [4.78, 5) is 0. The predicted octanol–water partition coefficient (Wildman–Crippen LogP) is 3.10. The van der Waals surface area contributed by atoms with Crippen LogP contribution in [-0.4, -0.2) is 50.0 Å². The molecule has 1 atom stereocenters. The highest BCUT2D eigenvalue weighted by molar-refractivity contribution is 5.14. The second-order valence-electron chi connectivity index (χ2n) is 3.89. The van der Waals surface area contributed by atoms with E-state index >= 15 is 0 Å². The van der Waals surface area contributed by atoms with E-state index in [2.05, 4.69) is 14.2 Å². The zero-order valence-electron chi connectivity index (χ0n) is 10.0. The van der Waals surface area contributed by atoms with Crippen molar-refractivity contribution < 1.29 is 58.1 Å². The maximum Gasteiger partial charge on any atom is 0.454 e. The number of hydrogen-bond acceptors (Lipinski definition) is 3. The Labute approximate surface area is 109 Å². The third-order valence-corrected chi connectivity index (χ3v) is 2.80. The lowest BCUT2D eigenvalue weighted by molar-refractivity contribution is -0.593.